The minimum Gasteiger partial charge on any atom is -0.481 e. The van der Waals surface area contributed by atoms with Gasteiger partial charge in [0.1, 0.15) is 6.10 Å². The molecule has 0 bridgehead atoms. The number of nitrogens with zero attached hydrogens (tertiary/aromatic N) is 1. The third-order valence-corrected chi connectivity index (χ3v) is 3.00. The van der Waals surface area contributed by atoms with Gasteiger partial charge in [-0.1, -0.05) is 6.92 Å². The molecule has 0 aliphatic carbocycles. The summed E-state index contributed by atoms with van der Waals surface area (Å²) in [6, 6.07) is 0.188. The van der Waals surface area contributed by atoms with Crippen LogP contribution in [0.25, 0.3) is 0 Å². The van der Waals surface area contributed by atoms with Crippen LogP contribution in [0.15, 0.2) is 0 Å². The summed E-state index contributed by atoms with van der Waals surface area (Å²) in [5.41, 5.74) is 0. The van der Waals surface area contributed by atoms with Gasteiger partial charge in [-0.15, -0.1) is 0 Å². The monoisotopic (exact) mass is 229 g/mol. The molecule has 1 aliphatic rings. The Hall–Kier alpha value is -1.26. The fourth-order valence-electron chi connectivity index (χ4n) is 1.75. The first-order valence-electron chi connectivity index (χ1n) is 5.73. The third-order valence-electron chi connectivity index (χ3n) is 3.00. The molecule has 0 saturated carbocycles. The Morgan fingerprint density at radius 3 is 2.88 bits per heavy atom. The van der Waals surface area contributed by atoms with Gasteiger partial charge in [0.25, 0.3) is 0 Å². The fraction of sp³-hybridized carbons (Fsp3) is 0.818. The molecule has 2 atom stereocenters. The molecular weight excluding hydrogens is 210 g/mol. The van der Waals surface area contributed by atoms with Crippen molar-refractivity contribution in [3.05, 3.63) is 0 Å². The van der Waals surface area contributed by atoms with E-state index in [1.54, 1.807) is 4.90 Å². The number of amides is 1. The van der Waals surface area contributed by atoms with Gasteiger partial charge in [0, 0.05) is 25.4 Å². The lowest BCUT2D eigenvalue weighted by Gasteiger charge is -2.35. The summed E-state index contributed by atoms with van der Waals surface area (Å²) in [5, 5.41) is 8.54. The van der Waals surface area contributed by atoms with Gasteiger partial charge in [0.15, 0.2) is 0 Å². The molecule has 16 heavy (non-hydrogen) atoms. The predicted octanol–water partition coefficient (Wildman–Crippen LogP) is 1.86. The Labute approximate surface area is 95.4 Å². The summed E-state index contributed by atoms with van der Waals surface area (Å²) in [7, 11) is 0. The molecule has 0 radical (unpaired) electrons. The number of carboxylic acid groups (broad SMARTS) is 1. The Bertz CT molecular complexity index is 267. The Morgan fingerprint density at radius 2 is 2.38 bits per heavy atom. The first-order chi connectivity index (χ1) is 7.54. The van der Waals surface area contributed by atoms with E-state index in [4.69, 9.17) is 9.84 Å². The Kier molecular flexibility index (Phi) is 4.58. The molecule has 1 saturated heterocycles. The van der Waals surface area contributed by atoms with E-state index < -0.39 is 5.97 Å². The van der Waals surface area contributed by atoms with Crippen molar-refractivity contribution in [3.63, 3.8) is 0 Å². The summed E-state index contributed by atoms with van der Waals surface area (Å²) >= 11 is 0. The highest BCUT2D eigenvalue weighted by Gasteiger charge is 2.29. The molecule has 5 nitrogen and oxygen atoms in total. The van der Waals surface area contributed by atoms with E-state index in [-0.39, 0.29) is 24.7 Å². The van der Waals surface area contributed by atoms with E-state index in [1.807, 2.05) is 13.8 Å². The predicted molar refractivity (Wildman–Crippen MR) is 58.2 cm³/mol. The van der Waals surface area contributed by atoms with E-state index in [0.717, 1.165) is 12.8 Å². The average molecular weight is 229 g/mol. The van der Waals surface area contributed by atoms with Crippen molar-refractivity contribution in [2.75, 3.05) is 6.54 Å². The zero-order valence-electron chi connectivity index (χ0n) is 9.81. The lowest BCUT2D eigenvalue weighted by Crippen LogP contribution is -2.46. The van der Waals surface area contributed by atoms with Crippen molar-refractivity contribution in [1.82, 2.24) is 4.90 Å². The van der Waals surface area contributed by atoms with Crippen molar-refractivity contribution in [3.8, 4) is 0 Å². The molecule has 1 heterocycles. The standard InChI is InChI=1S/C11H19NO4/c1-3-8(2)12-7-6-9(16-11(12)15)4-5-10(13)14/h8-9H,3-7H2,1-2H3,(H,13,14). The quantitative estimate of drug-likeness (QED) is 0.781. The van der Waals surface area contributed by atoms with Crippen LogP contribution in [-0.2, 0) is 9.53 Å². The zero-order valence-corrected chi connectivity index (χ0v) is 9.81. The Balaban J connectivity index is 2.39. The molecular formula is C11H19NO4. The molecule has 0 aromatic rings. The molecule has 5 heteroatoms. The van der Waals surface area contributed by atoms with Crippen LogP contribution in [0, 0.1) is 0 Å². The van der Waals surface area contributed by atoms with E-state index in [1.165, 1.54) is 0 Å². The Morgan fingerprint density at radius 1 is 1.69 bits per heavy atom. The van der Waals surface area contributed by atoms with E-state index in [0.29, 0.717) is 13.0 Å². The lowest BCUT2D eigenvalue weighted by molar-refractivity contribution is -0.137. The van der Waals surface area contributed by atoms with Crippen LogP contribution in [-0.4, -0.2) is 40.8 Å². The second kappa shape index (κ2) is 5.72. The molecule has 1 N–H and O–H groups in total. The van der Waals surface area contributed by atoms with Gasteiger partial charge in [-0.3, -0.25) is 4.79 Å². The highest BCUT2D eigenvalue weighted by atomic mass is 16.6. The number of carboxylic acids is 1. The maximum atomic E-state index is 11.6. The van der Waals surface area contributed by atoms with Crippen LogP contribution in [0.2, 0.25) is 0 Å². The first-order valence-corrected chi connectivity index (χ1v) is 5.73. The van der Waals surface area contributed by atoms with Crippen LogP contribution >= 0.6 is 0 Å². The first kappa shape index (κ1) is 12.8. The van der Waals surface area contributed by atoms with Crippen LogP contribution in [0.4, 0.5) is 4.79 Å². The van der Waals surface area contributed by atoms with Crippen molar-refractivity contribution in [2.24, 2.45) is 0 Å². The highest BCUT2D eigenvalue weighted by molar-refractivity contribution is 5.69. The minimum atomic E-state index is -0.847. The second-order valence-electron chi connectivity index (χ2n) is 4.18. The molecule has 1 rings (SSSR count). The number of carbonyl (C=O) groups excluding carboxylic acids is 1. The fourth-order valence-corrected chi connectivity index (χ4v) is 1.75. The number of rotatable bonds is 5. The minimum absolute atomic E-state index is 0.0568. The average Bonchev–Trinajstić information content (AvgIpc) is 2.25. The maximum Gasteiger partial charge on any atom is 0.410 e. The molecule has 1 aliphatic heterocycles. The van der Waals surface area contributed by atoms with Crippen molar-refractivity contribution >= 4 is 12.1 Å². The summed E-state index contributed by atoms with van der Waals surface area (Å²) in [6.07, 6.45) is 1.55. The molecule has 0 aromatic carbocycles. The van der Waals surface area contributed by atoms with Gasteiger partial charge in [0.2, 0.25) is 0 Å². The van der Waals surface area contributed by atoms with Crippen molar-refractivity contribution in [1.29, 1.82) is 0 Å². The molecule has 1 amide bonds. The van der Waals surface area contributed by atoms with Gasteiger partial charge >= 0.3 is 12.1 Å². The normalized spacial score (nSPS) is 22.8. The third kappa shape index (κ3) is 3.40. The number of carbonyl (C=O) groups is 2. The van der Waals surface area contributed by atoms with E-state index in [2.05, 4.69) is 0 Å². The van der Waals surface area contributed by atoms with Crippen LogP contribution < -0.4 is 0 Å². The van der Waals surface area contributed by atoms with Gasteiger partial charge < -0.3 is 14.7 Å². The number of hydrogen-bond donors (Lipinski definition) is 1. The summed E-state index contributed by atoms with van der Waals surface area (Å²) in [5.74, 6) is -0.847. The van der Waals surface area contributed by atoms with Gasteiger partial charge in [-0.2, -0.15) is 0 Å². The van der Waals surface area contributed by atoms with Crippen LogP contribution in [0.1, 0.15) is 39.5 Å². The summed E-state index contributed by atoms with van der Waals surface area (Å²) < 4.78 is 5.20. The lowest BCUT2D eigenvalue weighted by atomic mass is 10.1. The van der Waals surface area contributed by atoms with Gasteiger partial charge in [0.05, 0.1) is 0 Å². The number of hydrogen-bond acceptors (Lipinski definition) is 3. The highest BCUT2D eigenvalue weighted by Crippen LogP contribution is 2.19. The summed E-state index contributed by atoms with van der Waals surface area (Å²) in [4.78, 5) is 23.7. The maximum absolute atomic E-state index is 11.6. The molecule has 1 fully saturated rings. The largest absolute Gasteiger partial charge is 0.481 e. The van der Waals surface area contributed by atoms with E-state index >= 15 is 0 Å². The van der Waals surface area contributed by atoms with Crippen molar-refractivity contribution in [2.45, 2.75) is 51.7 Å². The number of cyclic esters (lactones) is 1. The van der Waals surface area contributed by atoms with Crippen LogP contribution in [0.3, 0.4) is 0 Å². The number of aliphatic carboxylic acids is 1. The zero-order chi connectivity index (χ0) is 12.1. The van der Waals surface area contributed by atoms with E-state index in [9.17, 15) is 9.59 Å². The topological polar surface area (TPSA) is 66.8 Å². The molecule has 2 unspecified atom stereocenters. The van der Waals surface area contributed by atoms with Crippen molar-refractivity contribution < 1.29 is 19.4 Å². The molecule has 0 aromatic heterocycles. The molecule has 92 valence electrons. The van der Waals surface area contributed by atoms with Gasteiger partial charge in [-0.25, -0.2) is 4.79 Å². The second-order valence-corrected chi connectivity index (χ2v) is 4.18. The SMILES string of the molecule is CCC(C)N1CCC(CCC(=O)O)OC1=O. The summed E-state index contributed by atoms with van der Waals surface area (Å²) in [6.45, 7) is 4.67. The van der Waals surface area contributed by atoms with Gasteiger partial charge in [-0.05, 0) is 19.8 Å². The molecule has 0 spiro atoms. The smallest absolute Gasteiger partial charge is 0.410 e. The van der Waals surface area contributed by atoms with Crippen LogP contribution in [0.5, 0.6) is 0 Å². The number of ether oxygens (including phenoxy) is 1.